The number of benzene rings is 2. The predicted molar refractivity (Wildman–Crippen MR) is 70.1 cm³/mol. The maximum absolute atomic E-state index is 6.46. The lowest BCUT2D eigenvalue weighted by molar-refractivity contribution is 1.10. The van der Waals surface area contributed by atoms with E-state index in [1.54, 1.807) is 0 Å². The van der Waals surface area contributed by atoms with Crippen molar-refractivity contribution in [1.82, 2.24) is 0 Å². The third-order valence-electron chi connectivity index (χ3n) is 2.56. The zero-order valence-corrected chi connectivity index (χ0v) is 10.2. The summed E-state index contributed by atoms with van der Waals surface area (Å²) in [5.41, 5.74) is 3.28. The van der Waals surface area contributed by atoms with E-state index in [4.69, 9.17) is 23.2 Å². The van der Waals surface area contributed by atoms with Crippen LogP contribution in [0.3, 0.4) is 0 Å². The average molecular weight is 251 g/mol. The molecule has 0 nitrogen and oxygen atoms in total. The molecule has 0 radical (unpaired) electrons. The molecule has 0 aromatic heterocycles. The molecule has 0 amide bonds. The summed E-state index contributed by atoms with van der Waals surface area (Å²) in [5, 5.41) is -0.129. The Morgan fingerprint density at radius 3 is 2.19 bits per heavy atom. The van der Waals surface area contributed by atoms with Crippen molar-refractivity contribution in [2.24, 2.45) is 0 Å². The number of rotatable bonds is 3. The molecule has 0 saturated heterocycles. The minimum absolute atomic E-state index is 0.129. The van der Waals surface area contributed by atoms with Crippen LogP contribution in [0.25, 0.3) is 0 Å². The van der Waals surface area contributed by atoms with Gasteiger partial charge in [0, 0.05) is 5.88 Å². The van der Waals surface area contributed by atoms with Crippen molar-refractivity contribution >= 4 is 23.2 Å². The summed E-state index contributed by atoms with van der Waals surface area (Å²) in [4.78, 5) is 0. The molecule has 16 heavy (non-hydrogen) atoms. The predicted octanol–water partition coefficient (Wildman–Crippen LogP) is 4.75. The molecule has 0 aliphatic rings. The smallest absolute Gasteiger partial charge is 0.0838 e. The van der Waals surface area contributed by atoms with E-state index in [0.717, 1.165) is 16.7 Å². The zero-order chi connectivity index (χ0) is 11.4. The van der Waals surface area contributed by atoms with Crippen molar-refractivity contribution in [2.45, 2.75) is 11.3 Å². The van der Waals surface area contributed by atoms with Gasteiger partial charge in [0.1, 0.15) is 0 Å². The van der Waals surface area contributed by atoms with Crippen molar-refractivity contribution in [3.63, 3.8) is 0 Å². The Morgan fingerprint density at radius 1 is 0.875 bits per heavy atom. The van der Waals surface area contributed by atoms with Crippen LogP contribution in [0.1, 0.15) is 22.1 Å². The van der Waals surface area contributed by atoms with E-state index >= 15 is 0 Å². The molecule has 0 spiro atoms. The largest absolute Gasteiger partial charge is 0.122 e. The van der Waals surface area contributed by atoms with E-state index < -0.39 is 0 Å². The second-order valence-electron chi connectivity index (χ2n) is 3.61. The van der Waals surface area contributed by atoms with Crippen molar-refractivity contribution in [3.8, 4) is 0 Å². The zero-order valence-electron chi connectivity index (χ0n) is 8.74. The molecule has 0 saturated carbocycles. The molecular weight excluding hydrogens is 239 g/mol. The molecule has 2 heteroatoms. The third kappa shape index (κ3) is 2.40. The molecule has 0 aliphatic heterocycles. The average Bonchev–Trinajstić information content (AvgIpc) is 2.39. The molecule has 1 atom stereocenters. The Hall–Kier alpha value is -0.980. The van der Waals surface area contributed by atoms with Crippen LogP contribution < -0.4 is 0 Å². The van der Waals surface area contributed by atoms with Crippen molar-refractivity contribution in [3.05, 3.63) is 71.3 Å². The molecule has 0 heterocycles. The Balaban J connectivity index is 2.37. The van der Waals surface area contributed by atoms with Crippen LogP contribution in [0.5, 0.6) is 0 Å². The first-order valence-electron chi connectivity index (χ1n) is 5.15. The fourth-order valence-corrected chi connectivity index (χ4v) is 2.31. The fraction of sp³-hybridized carbons (Fsp3) is 0.143. The number of alkyl halides is 2. The molecule has 0 fully saturated rings. The first-order chi connectivity index (χ1) is 7.83. The standard InChI is InChI=1S/C14H12Cl2/c15-10-12-8-4-5-9-13(12)14(16)11-6-2-1-3-7-11/h1-9,14H,10H2. The Morgan fingerprint density at radius 2 is 1.50 bits per heavy atom. The Bertz CT molecular complexity index is 451. The van der Waals surface area contributed by atoms with Gasteiger partial charge >= 0.3 is 0 Å². The highest BCUT2D eigenvalue weighted by molar-refractivity contribution is 6.23. The van der Waals surface area contributed by atoms with Gasteiger partial charge in [-0.15, -0.1) is 23.2 Å². The number of hydrogen-bond donors (Lipinski definition) is 0. The second kappa shape index (κ2) is 5.38. The minimum Gasteiger partial charge on any atom is -0.122 e. The summed E-state index contributed by atoms with van der Waals surface area (Å²) in [7, 11) is 0. The van der Waals surface area contributed by atoms with Crippen LogP contribution >= 0.6 is 23.2 Å². The molecule has 2 aromatic rings. The van der Waals surface area contributed by atoms with Gasteiger partial charge < -0.3 is 0 Å². The van der Waals surface area contributed by atoms with E-state index in [-0.39, 0.29) is 5.38 Å². The first kappa shape index (κ1) is 11.5. The van der Waals surface area contributed by atoms with Gasteiger partial charge in [-0.25, -0.2) is 0 Å². The molecule has 82 valence electrons. The SMILES string of the molecule is ClCc1ccccc1C(Cl)c1ccccc1. The molecule has 2 rings (SSSR count). The Labute approximate surface area is 106 Å². The molecule has 0 aliphatic carbocycles. The van der Waals surface area contributed by atoms with Crippen LogP contribution in [0.2, 0.25) is 0 Å². The van der Waals surface area contributed by atoms with Crippen molar-refractivity contribution in [1.29, 1.82) is 0 Å². The van der Waals surface area contributed by atoms with E-state index in [9.17, 15) is 0 Å². The van der Waals surface area contributed by atoms with E-state index in [0.29, 0.717) is 5.88 Å². The highest BCUT2D eigenvalue weighted by Gasteiger charge is 2.13. The molecular formula is C14H12Cl2. The van der Waals surface area contributed by atoms with Gasteiger partial charge in [-0.2, -0.15) is 0 Å². The lowest BCUT2D eigenvalue weighted by atomic mass is 10.0. The molecule has 0 N–H and O–H groups in total. The summed E-state index contributed by atoms with van der Waals surface area (Å²) < 4.78 is 0. The molecule has 1 unspecified atom stereocenters. The van der Waals surface area contributed by atoms with Gasteiger partial charge in [-0.05, 0) is 16.7 Å². The monoisotopic (exact) mass is 250 g/mol. The van der Waals surface area contributed by atoms with Crippen LogP contribution in [-0.4, -0.2) is 0 Å². The summed E-state index contributed by atoms with van der Waals surface area (Å²) >= 11 is 12.4. The highest BCUT2D eigenvalue weighted by atomic mass is 35.5. The lowest BCUT2D eigenvalue weighted by Crippen LogP contribution is -1.97. The topological polar surface area (TPSA) is 0 Å². The van der Waals surface area contributed by atoms with Crippen LogP contribution in [-0.2, 0) is 5.88 Å². The van der Waals surface area contributed by atoms with Crippen LogP contribution in [0.4, 0.5) is 0 Å². The van der Waals surface area contributed by atoms with E-state index in [1.165, 1.54) is 0 Å². The minimum atomic E-state index is -0.129. The van der Waals surface area contributed by atoms with Gasteiger partial charge in [0.2, 0.25) is 0 Å². The van der Waals surface area contributed by atoms with Gasteiger partial charge in [-0.3, -0.25) is 0 Å². The summed E-state index contributed by atoms with van der Waals surface area (Å²) in [6, 6.07) is 18.1. The first-order valence-corrected chi connectivity index (χ1v) is 6.13. The highest BCUT2D eigenvalue weighted by Crippen LogP contribution is 2.31. The molecule has 0 bridgehead atoms. The summed E-state index contributed by atoms with van der Waals surface area (Å²) in [5.74, 6) is 0.492. The van der Waals surface area contributed by atoms with E-state index in [2.05, 4.69) is 0 Å². The Kier molecular flexibility index (Phi) is 3.87. The maximum atomic E-state index is 6.46. The quantitative estimate of drug-likeness (QED) is 0.690. The molecule has 2 aromatic carbocycles. The van der Waals surface area contributed by atoms with E-state index in [1.807, 2.05) is 54.6 Å². The van der Waals surface area contributed by atoms with Crippen molar-refractivity contribution < 1.29 is 0 Å². The fourth-order valence-electron chi connectivity index (χ4n) is 1.70. The number of halogens is 2. The van der Waals surface area contributed by atoms with Crippen LogP contribution in [0, 0.1) is 0 Å². The van der Waals surface area contributed by atoms with Gasteiger partial charge in [0.05, 0.1) is 5.38 Å². The van der Waals surface area contributed by atoms with Gasteiger partial charge in [0.15, 0.2) is 0 Å². The van der Waals surface area contributed by atoms with Gasteiger partial charge in [-0.1, -0.05) is 54.6 Å². The second-order valence-corrected chi connectivity index (χ2v) is 4.31. The normalized spacial score (nSPS) is 12.4. The summed E-state index contributed by atoms with van der Waals surface area (Å²) in [6.07, 6.45) is 0. The van der Waals surface area contributed by atoms with Gasteiger partial charge in [0.25, 0.3) is 0 Å². The number of hydrogen-bond acceptors (Lipinski definition) is 0. The lowest BCUT2D eigenvalue weighted by Gasteiger charge is -2.13. The summed E-state index contributed by atoms with van der Waals surface area (Å²) in [6.45, 7) is 0. The van der Waals surface area contributed by atoms with Crippen LogP contribution in [0.15, 0.2) is 54.6 Å². The maximum Gasteiger partial charge on any atom is 0.0838 e. The third-order valence-corrected chi connectivity index (χ3v) is 3.34. The van der Waals surface area contributed by atoms with Crippen molar-refractivity contribution in [2.75, 3.05) is 0 Å².